The van der Waals surface area contributed by atoms with Crippen LogP contribution in [0.1, 0.15) is 0 Å². The number of hydrogen-bond donors (Lipinski definition) is 1. The molecule has 1 fully saturated rings. The van der Waals surface area contributed by atoms with Gasteiger partial charge in [-0.05, 0) is 25.2 Å². The van der Waals surface area contributed by atoms with E-state index in [4.69, 9.17) is 20.8 Å². The van der Waals surface area contributed by atoms with Gasteiger partial charge in [0, 0.05) is 11.6 Å². The molecular formula is C12H15Cl2N3O2. The molecule has 0 aliphatic carbocycles. The van der Waals surface area contributed by atoms with Crippen LogP contribution < -0.4 is 10.2 Å². The van der Waals surface area contributed by atoms with Crippen molar-refractivity contribution in [2.75, 3.05) is 31.6 Å². The molecule has 0 saturated carbocycles. The Balaban J connectivity index is 0.00000133. The predicted molar refractivity (Wildman–Crippen MR) is 77.3 cm³/mol. The van der Waals surface area contributed by atoms with Gasteiger partial charge in [-0.2, -0.15) is 4.98 Å². The molecule has 1 saturated heterocycles. The summed E-state index contributed by atoms with van der Waals surface area (Å²) in [5.74, 6) is 0. The Morgan fingerprint density at radius 1 is 1.47 bits per heavy atom. The van der Waals surface area contributed by atoms with Crippen molar-refractivity contribution in [3.8, 4) is 0 Å². The standard InChI is InChI=1S/C12H14ClN3O2.ClH/c1-14-11-7-16(4-5-17-11)12-15-9-6-8(13)2-3-10(9)18-12;/h2-3,6,11,14H,4-5,7H2,1H3;1H. The van der Waals surface area contributed by atoms with Gasteiger partial charge in [-0.25, -0.2) is 0 Å². The second-order valence-electron chi connectivity index (χ2n) is 4.20. The number of nitrogens with zero attached hydrogens (tertiary/aromatic N) is 2. The lowest BCUT2D eigenvalue weighted by Gasteiger charge is -2.31. The number of anilines is 1. The van der Waals surface area contributed by atoms with E-state index in [1.807, 2.05) is 13.1 Å². The molecule has 1 aromatic heterocycles. The highest BCUT2D eigenvalue weighted by atomic mass is 35.5. The molecule has 0 bridgehead atoms. The van der Waals surface area contributed by atoms with E-state index in [2.05, 4.69) is 15.2 Å². The summed E-state index contributed by atoms with van der Waals surface area (Å²) in [7, 11) is 1.88. The predicted octanol–water partition coefficient (Wildman–Crippen LogP) is 2.29. The fourth-order valence-electron chi connectivity index (χ4n) is 2.02. The number of fused-ring (bicyclic) bond motifs is 1. The monoisotopic (exact) mass is 303 g/mol. The third-order valence-electron chi connectivity index (χ3n) is 3.00. The number of aromatic nitrogens is 1. The topological polar surface area (TPSA) is 50.5 Å². The van der Waals surface area contributed by atoms with Crippen LogP contribution in [0.25, 0.3) is 11.1 Å². The van der Waals surface area contributed by atoms with Gasteiger partial charge in [-0.1, -0.05) is 11.6 Å². The van der Waals surface area contributed by atoms with Crippen molar-refractivity contribution in [3.05, 3.63) is 23.2 Å². The second kappa shape index (κ2) is 5.96. The van der Waals surface area contributed by atoms with Crippen molar-refractivity contribution < 1.29 is 9.15 Å². The van der Waals surface area contributed by atoms with Crippen molar-refractivity contribution in [2.45, 2.75) is 6.23 Å². The summed E-state index contributed by atoms with van der Waals surface area (Å²) in [6.45, 7) is 2.15. The van der Waals surface area contributed by atoms with Gasteiger partial charge in [0.1, 0.15) is 11.7 Å². The normalized spacial score (nSPS) is 19.5. The molecule has 2 heterocycles. The Hall–Kier alpha value is -1.01. The first-order valence-electron chi connectivity index (χ1n) is 5.86. The summed E-state index contributed by atoms with van der Waals surface area (Å²) in [6, 6.07) is 6.06. The van der Waals surface area contributed by atoms with Gasteiger partial charge in [-0.15, -0.1) is 12.4 Å². The van der Waals surface area contributed by atoms with Gasteiger partial charge >= 0.3 is 0 Å². The number of halogens is 2. The van der Waals surface area contributed by atoms with Gasteiger partial charge in [0.25, 0.3) is 6.01 Å². The average Bonchev–Trinajstić information content (AvgIpc) is 2.81. The van der Waals surface area contributed by atoms with Gasteiger partial charge < -0.3 is 14.1 Å². The molecule has 1 atom stereocenters. The SMILES string of the molecule is CNC1CN(c2nc3cc(Cl)ccc3o2)CCO1.Cl. The highest BCUT2D eigenvalue weighted by Crippen LogP contribution is 2.25. The van der Waals surface area contributed by atoms with E-state index in [1.54, 1.807) is 12.1 Å². The number of likely N-dealkylation sites (N-methyl/N-ethyl adjacent to an activating group) is 1. The molecule has 1 aliphatic rings. The molecule has 0 spiro atoms. The summed E-state index contributed by atoms with van der Waals surface area (Å²) in [6.07, 6.45) is 0.0114. The van der Waals surface area contributed by atoms with Crippen LogP contribution >= 0.6 is 24.0 Å². The van der Waals surface area contributed by atoms with Crippen LogP contribution in [-0.2, 0) is 4.74 Å². The molecule has 5 nitrogen and oxygen atoms in total. The van der Waals surface area contributed by atoms with Crippen molar-refractivity contribution in [1.29, 1.82) is 0 Å². The van der Waals surface area contributed by atoms with Gasteiger partial charge in [0.2, 0.25) is 0 Å². The Bertz CT molecular complexity index is 561. The molecule has 1 unspecified atom stereocenters. The second-order valence-corrected chi connectivity index (χ2v) is 4.64. The Labute approximate surface area is 122 Å². The Morgan fingerprint density at radius 2 is 2.32 bits per heavy atom. The van der Waals surface area contributed by atoms with Crippen molar-refractivity contribution in [3.63, 3.8) is 0 Å². The number of benzene rings is 1. The molecule has 1 aliphatic heterocycles. The van der Waals surface area contributed by atoms with E-state index in [1.165, 1.54) is 0 Å². The van der Waals surface area contributed by atoms with E-state index in [0.717, 1.165) is 24.2 Å². The fourth-order valence-corrected chi connectivity index (χ4v) is 2.19. The van der Waals surface area contributed by atoms with Crippen molar-refractivity contribution in [2.24, 2.45) is 0 Å². The maximum Gasteiger partial charge on any atom is 0.298 e. The summed E-state index contributed by atoms with van der Waals surface area (Å²) in [5, 5.41) is 3.76. The molecule has 2 aromatic rings. The minimum absolute atomic E-state index is 0. The van der Waals surface area contributed by atoms with Crippen LogP contribution in [0.3, 0.4) is 0 Å². The highest BCUT2D eigenvalue weighted by molar-refractivity contribution is 6.31. The minimum atomic E-state index is 0. The molecule has 1 N–H and O–H groups in total. The molecule has 7 heteroatoms. The summed E-state index contributed by atoms with van der Waals surface area (Å²) < 4.78 is 11.3. The van der Waals surface area contributed by atoms with E-state index in [0.29, 0.717) is 17.6 Å². The first-order chi connectivity index (χ1) is 8.76. The maximum absolute atomic E-state index is 5.93. The molecule has 0 amide bonds. The molecule has 1 aromatic carbocycles. The Kier molecular flexibility index (Phi) is 4.52. The minimum Gasteiger partial charge on any atom is -0.423 e. The lowest BCUT2D eigenvalue weighted by molar-refractivity contribution is 0.0219. The zero-order valence-electron chi connectivity index (χ0n) is 10.4. The lowest BCUT2D eigenvalue weighted by Crippen LogP contribution is -2.48. The van der Waals surface area contributed by atoms with E-state index < -0.39 is 0 Å². The Morgan fingerprint density at radius 3 is 3.11 bits per heavy atom. The highest BCUT2D eigenvalue weighted by Gasteiger charge is 2.22. The molecule has 3 rings (SSSR count). The number of morpholine rings is 1. The first-order valence-corrected chi connectivity index (χ1v) is 6.24. The third-order valence-corrected chi connectivity index (χ3v) is 3.23. The van der Waals surface area contributed by atoms with Crippen molar-refractivity contribution in [1.82, 2.24) is 10.3 Å². The van der Waals surface area contributed by atoms with Gasteiger partial charge in [-0.3, -0.25) is 5.32 Å². The fraction of sp³-hybridized carbons (Fsp3) is 0.417. The van der Waals surface area contributed by atoms with E-state index in [-0.39, 0.29) is 18.6 Å². The smallest absolute Gasteiger partial charge is 0.298 e. The molecule has 19 heavy (non-hydrogen) atoms. The van der Waals surface area contributed by atoms with Gasteiger partial charge in [0.05, 0.1) is 13.2 Å². The number of rotatable bonds is 2. The number of oxazole rings is 1. The van der Waals surface area contributed by atoms with Crippen LogP contribution in [0.4, 0.5) is 6.01 Å². The number of nitrogens with one attached hydrogen (secondary N) is 1. The van der Waals surface area contributed by atoms with Crippen LogP contribution in [0, 0.1) is 0 Å². The zero-order chi connectivity index (χ0) is 12.5. The molecule has 104 valence electrons. The summed E-state index contributed by atoms with van der Waals surface area (Å²) >= 11 is 5.93. The van der Waals surface area contributed by atoms with E-state index in [9.17, 15) is 0 Å². The summed E-state index contributed by atoms with van der Waals surface area (Å²) in [4.78, 5) is 6.53. The first kappa shape index (κ1) is 14.4. The summed E-state index contributed by atoms with van der Waals surface area (Å²) in [5.41, 5.74) is 1.53. The van der Waals surface area contributed by atoms with Crippen LogP contribution in [0.15, 0.2) is 22.6 Å². The third kappa shape index (κ3) is 2.95. The largest absolute Gasteiger partial charge is 0.423 e. The van der Waals surface area contributed by atoms with Gasteiger partial charge in [0.15, 0.2) is 5.58 Å². The number of hydrogen-bond acceptors (Lipinski definition) is 5. The van der Waals surface area contributed by atoms with Crippen molar-refractivity contribution >= 4 is 41.1 Å². The lowest BCUT2D eigenvalue weighted by atomic mass is 10.3. The van der Waals surface area contributed by atoms with Crippen LogP contribution in [0.5, 0.6) is 0 Å². The quantitative estimate of drug-likeness (QED) is 0.922. The van der Waals surface area contributed by atoms with Crippen LogP contribution in [-0.4, -0.2) is 38.0 Å². The van der Waals surface area contributed by atoms with Crippen LogP contribution in [0.2, 0.25) is 5.02 Å². The average molecular weight is 304 g/mol. The number of ether oxygens (including phenoxy) is 1. The molecular weight excluding hydrogens is 289 g/mol. The van der Waals surface area contributed by atoms with E-state index >= 15 is 0 Å². The molecule has 0 radical (unpaired) electrons. The maximum atomic E-state index is 5.93. The zero-order valence-corrected chi connectivity index (χ0v) is 12.0.